The van der Waals surface area contributed by atoms with Crippen LogP contribution in [-0.4, -0.2) is 13.0 Å². The van der Waals surface area contributed by atoms with Crippen molar-refractivity contribution in [2.75, 3.05) is 7.05 Å². The fourth-order valence-corrected chi connectivity index (χ4v) is 0. The quantitative estimate of drug-likeness (QED) is 0.507. The maximum Gasteiger partial charge on any atom is 0.216 e. The number of nitrogens with one attached hydrogen (secondary N) is 1. The van der Waals surface area contributed by atoms with Gasteiger partial charge in [0.15, 0.2) is 0 Å². The van der Waals surface area contributed by atoms with Gasteiger partial charge in [0.2, 0.25) is 5.91 Å². The van der Waals surface area contributed by atoms with E-state index in [1.807, 2.05) is 0 Å². The van der Waals surface area contributed by atoms with E-state index in [9.17, 15) is 4.79 Å². The predicted octanol–water partition coefficient (Wildman–Crippen LogP) is 1.17. The molecule has 0 aromatic rings. The zero-order chi connectivity index (χ0) is 6.99. The highest BCUT2D eigenvalue weighted by molar-refractivity contribution is 5.72. The van der Waals surface area contributed by atoms with Crippen molar-refractivity contribution in [1.29, 1.82) is 0 Å². The van der Waals surface area contributed by atoms with E-state index < -0.39 is 0 Å². The summed E-state index contributed by atoms with van der Waals surface area (Å²) in [6, 6.07) is 0. The van der Waals surface area contributed by atoms with E-state index in [1.165, 1.54) is 13.3 Å². The van der Waals surface area contributed by atoms with Crippen molar-refractivity contribution in [1.82, 2.24) is 5.32 Å². The summed E-state index contributed by atoms with van der Waals surface area (Å²) in [5.41, 5.74) is 0. The number of amides is 1. The van der Waals surface area contributed by atoms with Crippen molar-refractivity contribution in [3.8, 4) is 0 Å². The van der Waals surface area contributed by atoms with Gasteiger partial charge >= 0.3 is 0 Å². The van der Waals surface area contributed by atoms with Gasteiger partial charge in [0.25, 0.3) is 0 Å². The second-order valence-electron chi connectivity index (χ2n) is 1.51. The van der Waals surface area contributed by atoms with Crippen molar-refractivity contribution < 1.29 is 4.79 Å². The Morgan fingerprint density at radius 3 is 1.62 bits per heavy atom. The lowest BCUT2D eigenvalue weighted by Gasteiger charge is -1.80. The van der Waals surface area contributed by atoms with E-state index in [0.717, 1.165) is 0 Å². The summed E-state index contributed by atoms with van der Waals surface area (Å²) < 4.78 is 0. The molecule has 0 aromatic heterocycles. The van der Waals surface area contributed by atoms with Gasteiger partial charge in [-0.3, -0.25) is 4.79 Å². The van der Waals surface area contributed by atoms with E-state index in [0.29, 0.717) is 0 Å². The molecule has 0 rings (SSSR count). The Balaban J connectivity index is 0. The van der Waals surface area contributed by atoms with E-state index in [-0.39, 0.29) is 5.91 Å². The molecular weight excluding hydrogens is 102 g/mol. The van der Waals surface area contributed by atoms with Gasteiger partial charge in [-0.25, -0.2) is 0 Å². The minimum Gasteiger partial charge on any atom is -0.359 e. The van der Waals surface area contributed by atoms with Crippen molar-refractivity contribution in [3.05, 3.63) is 0 Å². The van der Waals surface area contributed by atoms with Crippen LogP contribution in [-0.2, 0) is 4.79 Å². The van der Waals surface area contributed by atoms with Crippen molar-refractivity contribution >= 4 is 5.91 Å². The minimum atomic E-state index is 0.00463. The van der Waals surface area contributed by atoms with Gasteiger partial charge in [-0.15, -0.1) is 0 Å². The Kier molecular flexibility index (Phi) is 12.7. The number of hydrogen-bond acceptors (Lipinski definition) is 1. The number of carbonyl (C=O) groups is 1. The summed E-state index contributed by atoms with van der Waals surface area (Å²) in [4.78, 5) is 9.70. The summed E-state index contributed by atoms with van der Waals surface area (Å²) >= 11 is 0. The molecule has 50 valence electrons. The largest absolute Gasteiger partial charge is 0.359 e. The predicted molar refractivity (Wildman–Crippen MR) is 35.7 cm³/mol. The monoisotopic (exact) mass is 117 g/mol. The van der Waals surface area contributed by atoms with Crippen LogP contribution >= 0.6 is 0 Å². The third kappa shape index (κ3) is 50.6. The molecule has 0 saturated heterocycles. The second kappa shape index (κ2) is 9.69. The third-order valence-corrected chi connectivity index (χ3v) is 0.352. The van der Waals surface area contributed by atoms with Crippen LogP contribution in [0.5, 0.6) is 0 Å². The van der Waals surface area contributed by atoms with E-state index in [4.69, 9.17) is 0 Å². The van der Waals surface area contributed by atoms with Crippen LogP contribution in [0.1, 0.15) is 27.2 Å². The van der Waals surface area contributed by atoms with E-state index in [2.05, 4.69) is 19.2 Å². The standard InChI is InChI=1S/C3H7NO.C3H8/c1-3(5)4-2;1-3-2/h1-2H3,(H,4,5);3H2,1-2H3. The molecule has 2 heteroatoms. The Bertz CT molecular complexity index is 52.5. The lowest BCUT2D eigenvalue weighted by atomic mass is 10.6. The van der Waals surface area contributed by atoms with Crippen LogP contribution in [0.15, 0.2) is 0 Å². The van der Waals surface area contributed by atoms with E-state index in [1.54, 1.807) is 7.05 Å². The lowest BCUT2D eigenvalue weighted by Crippen LogP contribution is -2.11. The van der Waals surface area contributed by atoms with Gasteiger partial charge < -0.3 is 5.32 Å². The molecule has 1 N–H and O–H groups in total. The molecule has 0 atom stereocenters. The fourth-order valence-electron chi connectivity index (χ4n) is 0. The van der Waals surface area contributed by atoms with Crippen molar-refractivity contribution in [2.45, 2.75) is 27.2 Å². The second-order valence-corrected chi connectivity index (χ2v) is 1.51. The van der Waals surface area contributed by atoms with Gasteiger partial charge in [0, 0.05) is 14.0 Å². The fraction of sp³-hybridized carbons (Fsp3) is 0.833. The molecule has 1 amide bonds. The summed E-state index contributed by atoms with van der Waals surface area (Å²) in [6.07, 6.45) is 1.25. The number of carbonyl (C=O) groups excluding carboxylic acids is 1. The first-order valence-electron chi connectivity index (χ1n) is 2.87. The first kappa shape index (κ1) is 10.5. The minimum absolute atomic E-state index is 0.00463. The molecule has 0 radical (unpaired) electrons. The van der Waals surface area contributed by atoms with Crippen LogP contribution in [0.3, 0.4) is 0 Å². The van der Waals surface area contributed by atoms with Crippen molar-refractivity contribution in [3.63, 3.8) is 0 Å². The molecule has 0 saturated carbocycles. The zero-order valence-corrected chi connectivity index (χ0v) is 6.12. The maximum atomic E-state index is 9.70. The molecule has 0 fully saturated rings. The third-order valence-electron chi connectivity index (χ3n) is 0.352. The zero-order valence-electron chi connectivity index (χ0n) is 6.12. The molecule has 0 aliphatic rings. The van der Waals surface area contributed by atoms with Gasteiger partial charge in [-0.1, -0.05) is 20.3 Å². The molecular formula is C6H15NO. The summed E-state index contributed by atoms with van der Waals surface area (Å²) in [7, 11) is 1.60. The molecule has 0 aliphatic heterocycles. The Labute approximate surface area is 51.3 Å². The Hall–Kier alpha value is -0.530. The van der Waals surface area contributed by atoms with Crippen molar-refractivity contribution in [2.24, 2.45) is 0 Å². The molecule has 0 aliphatic carbocycles. The maximum absolute atomic E-state index is 9.70. The van der Waals surface area contributed by atoms with Crippen LogP contribution in [0.4, 0.5) is 0 Å². The molecule has 0 aromatic carbocycles. The van der Waals surface area contributed by atoms with Gasteiger partial charge in [-0.05, 0) is 0 Å². The molecule has 0 heterocycles. The molecule has 0 spiro atoms. The van der Waals surface area contributed by atoms with E-state index >= 15 is 0 Å². The van der Waals surface area contributed by atoms with Gasteiger partial charge in [0.05, 0.1) is 0 Å². The van der Waals surface area contributed by atoms with Gasteiger partial charge in [-0.2, -0.15) is 0 Å². The molecule has 2 nitrogen and oxygen atoms in total. The lowest BCUT2D eigenvalue weighted by molar-refractivity contribution is -0.118. The SMILES string of the molecule is CCC.CNC(C)=O. The van der Waals surface area contributed by atoms with Crippen LogP contribution < -0.4 is 5.32 Å². The smallest absolute Gasteiger partial charge is 0.216 e. The average Bonchev–Trinajstić information content (AvgIpc) is 1.69. The first-order chi connectivity index (χ1) is 3.68. The highest BCUT2D eigenvalue weighted by Gasteiger charge is 1.72. The highest BCUT2D eigenvalue weighted by Crippen LogP contribution is 1.56. The molecule has 0 unspecified atom stereocenters. The van der Waals surface area contributed by atoms with Gasteiger partial charge in [0.1, 0.15) is 0 Å². The average molecular weight is 117 g/mol. The Morgan fingerprint density at radius 1 is 1.50 bits per heavy atom. The summed E-state index contributed by atoms with van der Waals surface area (Å²) in [6.45, 7) is 5.72. The topological polar surface area (TPSA) is 29.1 Å². The number of rotatable bonds is 0. The summed E-state index contributed by atoms with van der Waals surface area (Å²) in [5.74, 6) is 0.00463. The summed E-state index contributed by atoms with van der Waals surface area (Å²) in [5, 5.41) is 2.39. The first-order valence-corrected chi connectivity index (χ1v) is 2.87. The number of hydrogen-bond donors (Lipinski definition) is 1. The molecule has 0 bridgehead atoms. The van der Waals surface area contributed by atoms with Crippen LogP contribution in [0.2, 0.25) is 0 Å². The normalized spacial score (nSPS) is 6.50. The Morgan fingerprint density at radius 2 is 1.62 bits per heavy atom. The molecule has 8 heavy (non-hydrogen) atoms. The van der Waals surface area contributed by atoms with Crippen LogP contribution in [0, 0.1) is 0 Å². The highest BCUT2D eigenvalue weighted by atomic mass is 16.1. The van der Waals surface area contributed by atoms with Crippen LogP contribution in [0.25, 0.3) is 0 Å².